The number of nitrogens with one attached hydrogen (secondary N) is 1. The normalized spacial score (nSPS) is 21.8. The van der Waals surface area contributed by atoms with Crippen molar-refractivity contribution in [3.8, 4) is 0 Å². The number of carbonyl (C=O) groups excluding carboxylic acids is 2. The first-order valence-corrected chi connectivity index (χ1v) is 7.28. The number of likely N-dealkylation sites (tertiary alicyclic amines) is 1. The van der Waals surface area contributed by atoms with E-state index in [1.807, 2.05) is 25.1 Å². The molecule has 3 amide bonds. The molecule has 1 aromatic rings. The average Bonchev–Trinajstić information content (AvgIpc) is 3.07. The maximum Gasteiger partial charge on any atom is 0.322 e. The lowest BCUT2D eigenvalue weighted by atomic mass is 10.0. The molecule has 0 radical (unpaired) electrons. The van der Waals surface area contributed by atoms with Crippen molar-refractivity contribution in [3.05, 3.63) is 29.3 Å². The number of hydrogen-bond donors (Lipinski definition) is 2. The van der Waals surface area contributed by atoms with E-state index in [2.05, 4.69) is 5.32 Å². The summed E-state index contributed by atoms with van der Waals surface area (Å²) in [6, 6.07) is 5.50. The van der Waals surface area contributed by atoms with E-state index in [1.165, 1.54) is 0 Å². The summed E-state index contributed by atoms with van der Waals surface area (Å²) in [6.07, 6.45) is 0.846. The van der Waals surface area contributed by atoms with Crippen molar-refractivity contribution in [1.29, 1.82) is 0 Å². The van der Waals surface area contributed by atoms with Crippen LogP contribution < -0.4 is 16.0 Å². The van der Waals surface area contributed by atoms with Gasteiger partial charge in [0.1, 0.15) is 0 Å². The fourth-order valence-corrected chi connectivity index (χ4v) is 2.99. The van der Waals surface area contributed by atoms with Gasteiger partial charge < -0.3 is 16.0 Å². The Morgan fingerprint density at radius 1 is 1.38 bits per heavy atom. The molecule has 2 heterocycles. The first-order chi connectivity index (χ1) is 10.1. The molecule has 0 aromatic heterocycles. The van der Waals surface area contributed by atoms with Gasteiger partial charge in [-0.2, -0.15) is 0 Å². The van der Waals surface area contributed by atoms with Crippen LogP contribution in [0.1, 0.15) is 22.3 Å². The molecule has 0 bridgehead atoms. The van der Waals surface area contributed by atoms with Gasteiger partial charge in [-0.3, -0.25) is 9.69 Å². The van der Waals surface area contributed by atoms with Crippen LogP contribution in [0.4, 0.5) is 10.5 Å². The lowest BCUT2D eigenvalue weighted by Gasteiger charge is -2.21. The zero-order valence-electron chi connectivity index (χ0n) is 12.1. The molecule has 2 aliphatic rings. The molecule has 1 aromatic carbocycles. The minimum atomic E-state index is -0.106. The molecule has 0 saturated carbocycles. The number of amides is 3. The van der Waals surface area contributed by atoms with Crippen molar-refractivity contribution in [2.45, 2.75) is 19.4 Å². The third-order valence-corrected chi connectivity index (χ3v) is 4.20. The van der Waals surface area contributed by atoms with Crippen molar-refractivity contribution in [1.82, 2.24) is 10.2 Å². The number of rotatable bonds is 2. The van der Waals surface area contributed by atoms with Crippen LogP contribution in [0.25, 0.3) is 0 Å². The third kappa shape index (κ3) is 2.47. The van der Waals surface area contributed by atoms with Gasteiger partial charge in [0.05, 0.1) is 0 Å². The molecule has 3 rings (SSSR count). The molecule has 2 saturated heterocycles. The van der Waals surface area contributed by atoms with Crippen molar-refractivity contribution >= 4 is 17.6 Å². The molecular weight excluding hydrogens is 268 g/mol. The van der Waals surface area contributed by atoms with Crippen molar-refractivity contribution in [2.24, 2.45) is 5.73 Å². The third-order valence-electron chi connectivity index (χ3n) is 4.20. The maximum atomic E-state index is 12.6. The van der Waals surface area contributed by atoms with E-state index in [9.17, 15) is 9.59 Å². The largest absolute Gasteiger partial charge is 0.337 e. The van der Waals surface area contributed by atoms with Crippen LogP contribution >= 0.6 is 0 Å². The Morgan fingerprint density at radius 2 is 2.19 bits per heavy atom. The van der Waals surface area contributed by atoms with Gasteiger partial charge in [0, 0.05) is 43.5 Å². The minimum absolute atomic E-state index is 0.00176. The number of nitrogens with zero attached hydrogens (tertiary/aromatic N) is 2. The van der Waals surface area contributed by atoms with E-state index in [0.717, 1.165) is 17.7 Å². The van der Waals surface area contributed by atoms with Gasteiger partial charge in [0.2, 0.25) is 0 Å². The van der Waals surface area contributed by atoms with Crippen LogP contribution in [0.2, 0.25) is 0 Å². The zero-order valence-corrected chi connectivity index (χ0v) is 12.1. The smallest absolute Gasteiger partial charge is 0.322 e. The molecule has 2 fully saturated rings. The Balaban J connectivity index is 1.89. The van der Waals surface area contributed by atoms with E-state index in [4.69, 9.17) is 5.73 Å². The van der Waals surface area contributed by atoms with E-state index in [1.54, 1.807) is 9.80 Å². The molecule has 2 aliphatic heterocycles. The first kappa shape index (κ1) is 13.9. The van der Waals surface area contributed by atoms with E-state index in [-0.39, 0.29) is 18.0 Å². The van der Waals surface area contributed by atoms with Crippen molar-refractivity contribution in [3.63, 3.8) is 0 Å². The lowest BCUT2D eigenvalue weighted by Crippen LogP contribution is -2.33. The summed E-state index contributed by atoms with van der Waals surface area (Å²) in [5.41, 5.74) is 8.18. The fraction of sp³-hybridized carbons (Fsp3) is 0.467. The highest BCUT2D eigenvalue weighted by atomic mass is 16.2. The number of carbonyl (C=O) groups is 2. The summed E-state index contributed by atoms with van der Waals surface area (Å²) in [7, 11) is 0. The van der Waals surface area contributed by atoms with Crippen molar-refractivity contribution < 1.29 is 9.59 Å². The Morgan fingerprint density at radius 3 is 2.81 bits per heavy atom. The molecule has 1 atom stereocenters. The summed E-state index contributed by atoms with van der Waals surface area (Å²) in [5, 5.41) is 2.78. The second-order valence-electron chi connectivity index (χ2n) is 5.63. The second kappa shape index (κ2) is 5.37. The van der Waals surface area contributed by atoms with Gasteiger partial charge in [-0.05, 0) is 31.0 Å². The number of nitrogens with two attached hydrogens (primary N) is 1. The number of benzene rings is 1. The summed E-state index contributed by atoms with van der Waals surface area (Å²) in [6.45, 7) is 4.47. The number of urea groups is 1. The lowest BCUT2D eigenvalue weighted by molar-refractivity contribution is 0.0790. The van der Waals surface area contributed by atoms with Gasteiger partial charge in [0.25, 0.3) is 5.91 Å². The van der Waals surface area contributed by atoms with E-state index < -0.39 is 0 Å². The highest BCUT2D eigenvalue weighted by molar-refractivity contribution is 6.00. The Bertz CT molecular complexity index is 587. The molecule has 112 valence electrons. The summed E-state index contributed by atoms with van der Waals surface area (Å²) in [5.74, 6) is 0.00176. The minimum Gasteiger partial charge on any atom is -0.337 e. The van der Waals surface area contributed by atoms with Crippen LogP contribution in [-0.4, -0.2) is 49.1 Å². The first-order valence-electron chi connectivity index (χ1n) is 7.28. The highest BCUT2D eigenvalue weighted by Crippen LogP contribution is 2.26. The predicted octanol–water partition coefficient (Wildman–Crippen LogP) is 0.698. The topological polar surface area (TPSA) is 78.7 Å². The van der Waals surface area contributed by atoms with E-state index in [0.29, 0.717) is 31.7 Å². The molecule has 3 N–H and O–H groups in total. The van der Waals surface area contributed by atoms with Gasteiger partial charge in [-0.15, -0.1) is 0 Å². The van der Waals surface area contributed by atoms with Gasteiger partial charge >= 0.3 is 6.03 Å². The standard InChI is InChI=1S/C15H20N4O2/c1-10-12(14(20)18-7-5-11(16)9-18)3-2-4-13(10)19-8-6-17-15(19)21/h2-4,11H,5-9,16H2,1H3,(H,17,21)/t11-/m0/s1. The number of hydrogen-bond acceptors (Lipinski definition) is 3. The maximum absolute atomic E-state index is 12.6. The molecule has 21 heavy (non-hydrogen) atoms. The number of anilines is 1. The molecule has 0 unspecified atom stereocenters. The van der Waals surface area contributed by atoms with Crippen LogP contribution in [0.15, 0.2) is 18.2 Å². The molecule has 6 nitrogen and oxygen atoms in total. The van der Waals surface area contributed by atoms with Crippen LogP contribution in [0, 0.1) is 6.92 Å². The molecule has 0 spiro atoms. The molecule has 0 aliphatic carbocycles. The monoisotopic (exact) mass is 288 g/mol. The van der Waals surface area contributed by atoms with Gasteiger partial charge in [0.15, 0.2) is 0 Å². The summed E-state index contributed by atoms with van der Waals surface area (Å²) < 4.78 is 0. The van der Waals surface area contributed by atoms with Crippen molar-refractivity contribution in [2.75, 3.05) is 31.1 Å². The zero-order chi connectivity index (χ0) is 15.0. The Hall–Kier alpha value is -2.08. The summed E-state index contributed by atoms with van der Waals surface area (Å²) in [4.78, 5) is 27.9. The van der Waals surface area contributed by atoms with Gasteiger partial charge in [-0.25, -0.2) is 4.79 Å². The Labute approximate surface area is 123 Å². The quantitative estimate of drug-likeness (QED) is 0.840. The second-order valence-corrected chi connectivity index (χ2v) is 5.63. The summed E-state index contributed by atoms with van der Waals surface area (Å²) >= 11 is 0. The predicted molar refractivity (Wildman–Crippen MR) is 80.4 cm³/mol. The Kier molecular flexibility index (Phi) is 3.55. The molecular formula is C15H20N4O2. The average molecular weight is 288 g/mol. The molecule has 6 heteroatoms. The highest BCUT2D eigenvalue weighted by Gasteiger charge is 2.28. The van der Waals surface area contributed by atoms with Gasteiger partial charge in [-0.1, -0.05) is 6.07 Å². The fourth-order valence-electron chi connectivity index (χ4n) is 2.99. The van der Waals surface area contributed by atoms with Crippen LogP contribution in [-0.2, 0) is 0 Å². The van der Waals surface area contributed by atoms with E-state index >= 15 is 0 Å². The van der Waals surface area contributed by atoms with Crippen LogP contribution in [0.5, 0.6) is 0 Å². The van der Waals surface area contributed by atoms with Crippen LogP contribution in [0.3, 0.4) is 0 Å². The SMILES string of the molecule is Cc1c(C(=O)N2CC[C@H](N)C2)cccc1N1CCNC1=O.